The maximum absolute atomic E-state index is 12.3. The summed E-state index contributed by atoms with van der Waals surface area (Å²) in [4.78, 5) is 32.6. The van der Waals surface area contributed by atoms with Crippen LogP contribution in [-0.4, -0.2) is 54.4 Å². The second kappa shape index (κ2) is 11.5. The van der Waals surface area contributed by atoms with Crippen LogP contribution in [0.15, 0.2) is 41.1 Å². The first-order valence-corrected chi connectivity index (χ1v) is 8.67. The lowest BCUT2D eigenvalue weighted by atomic mass is 10.2. The van der Waals surface area contributed by atoms with Gasteiger partial charge in [0, 0.05) is 45.3 Å². The summed E-state index contributed by atoms with van der Waals surface area (Å²) < 4.78 is 5.13. The van der Waals surface area contributed by atoms with Gasteiger partial charge in [0.15, 0.2) is 0 Å². The van der Waals surface area contributed by atoms with Crippen molar-refractivity contribution in [3.05, 3.63) is 48.0 Å². The Morgan fingerprint density at radius 2 is 1.93 bits per heavy atom. The fourth-order valence-electron chi connectivity index (χ4n) is 2.88. The number of furan rings is 1. The summed E-state index contributed by atoms with van der Waals surface area (Å²) in [6.07, 6.45) is 3.42. The van der Waals surface area contributed by atoms with Crippen LogP contribution >= 0.6 is 24.8 Å². The zero-order valence-electron chi connectivity index (χ0n) is 15.4. The van der Waals surface area contributed by atoms with Crippen molar-refractivity contribution in [1.82, 2.24) is 15.2 Å². The van der Waals surface area contributed by atoms with Crippen molar-refractivity contribution in [1.29, 1.82) is 0 Å². The molecule has 1 aliphatic rings. The van der Waals surface area contributed by atoms with E-state index in [1.807, 2.05) is 23.1 Å². The number of rotatable bonds is 6. The van der Waals surface area contributed by atoms with E-state index in [1.54, 1.807) is 12.3 Å². The number of anilines is 1. The van der Waals surface area contributed by atoms with Crippen LogP contribution in [0.3, 0.4) is 0 Å². The number of aromatic nitrogens is 1. The molecule has 1 fully saturated rings. The van der Waals surface area contributed by atoms with Crippen molar-refractivity contribution in [3.8, 4) is 0 Å². The molecule has 1 saturated heterocycles. The maximum Gasteiger partial charge on any atom is 0.254 e. The van der Waals surface area contributed by atoms with E-state index in [2.05, 4.69) is 15.2 Å². The first-order valence-electron chi connectivity index (χ1n) is 8.67. The van der Waals surface area contributed by atoms with E-state index in [4.69, 9.17) is 10.2 Å². The molecule has 2 amide bonds. The van der Waals surface area contributed by atoms with E-state index in [0.717, 1.165) is 18.9 Å². The summed E-state index contributed by atoms with van der Waals surface area (Å²) in [5, 5.41) is 2.73. The monoisotopic (exact) mass is 429 g/mol. The van der Waals surface area contributed by atoms with Crippen molar-refractivity contribution in [2.24, 2.45) is 5.73 Å². The molecule has 0 aliphatic carbocycles. The second-order valence-electron chi connectivity index (χ2n) is 6.07. The topological polar surface area (TPSA) is 105 Å². The zero-order chi connectivity index (χ0) is 18.4. The molecule has 0 saturated carbocycles. The predicted octanol–water partition coefficient (Wildman–Crippen LogP) is 1.45. The number of amides is 2. The molecule has 1 aliphatic heterocycles. The third-order valence-corrected chi connectivity index (χ3v) is 4.35. The number of hydrogen-bond donors (Lipinski definition) is 2. The lowest BCUT2D eigenvalue weighted by Gasteiger charge is -2.35. The third-order valence-electron chi connectivity index (χ3n) is 4.35. The molecule has 2 aromatic heterocycles. The molecule has 10 heteroatoms. The number of pyridine rings is 1. The molecule has 154 valence electrons. The highest BCUT2D eigenvalue weighted by Crippen LogP contribution is 2.13. The molecule has 0 bridgehead atoms. The Kier molecular flexibility index (Phi) is 9.78. The Balaban J connectivity index is 0.00000196. The van der Waals surface area contributed by atoms with Gasteiger partial charge in [-0.3, -0.25) is 9.59 Å². The molecule has 3 rings (SSSR count). The molecule has 28 heavy (non-hydrogen) atoms. The molecule has 2 aromatic rings. The van der Waals surface area contributed by atoms with Crippen LogP contribution in [-0.2, 0) is 11.3 Å². The van der Waals surface area contributed by atoms with Gasteiger partial charge < -0.3 is 25.3 Å². The molecule has 0 atom stereocenters. The summed E-state index contributed by atoms with van der Waals surface area (Å²) in [7, 11) is 0. The van der Waals surface area contributed by atoms with Gasteiger partial charge >= 0.3 is 0 Å². The van der Waals surface area contributed by atoms with Crippen molar-refractivity contribution < 1.29 is 14.0 Å². The SMILES string of the molecule is Cl.Cl.NCc1cc(C(=O)NCCC(=O)N2CCN(c3ccccn3)CC2)co1. The molecule has 0 spiro atoms. The van der Waals surface area contributed by atoms with E-state index in [-0.39, 0.29) is 49.6 Å². The minimum absolute atomic E-state index is 0. The van der Waals surface area contributed by atoms with E-state index in [1.165, 1.54) is 6.26 Å². The third kappa shape index (κ3) is 6.12. The van der Waals surface area contributed by atoms with Crippen LogP contribution in [0.4, 0.5) is 5.82 Å². The maximum atomic E-state index is 12.3. The van der Waals surface area contributed by atoms with Crippen molar-refractivity contribution >= 4 is 42.4 Å². The molecule has 8 nitrogen and oxygen atoms in total. The van der Waals surface area contributed by atoms with E-state index in [9.17, 15) is 9.59 Å². The van der Waals surface area contributed by atoms with Gasteiger partial charge in [0.1, 0.15) is 17.8 Å². The molecule has 3 heterocycles. The van der Waals surface area contributed by atoms with Gasteiger partial charge in [-0.25, -0.2) is 4.98 Å². The average molecular weight is 430 g/mol. The smallest absolute Gasteiger partial charge is 0.254 e. The highest BCUT2D eigenvalue weighted by molar-refractivity contribution is 5.94. The number of nitrogens with zero attached hydrogens (tertiary/aromatic N) is 3. The standard InChI is InChI=1S/C18H23N5O3.2ClH/c19-12-15-11-14(13-26-15)18(25)21-6-4-17(24)23-9-7-22(8-10-23)16-3-1-2-5-20-16;;/h1-3,5,11,13H,4,6-10,12,19H2,(H,21,25);2*1H. The van der Waals surface area contributed by atoms with Gasteiger partial charge in [-0.15, -0.1) is 24.8 Å². The normalized spacial score (nSPS) is 13.3. The van der Waals surface area contributed by atoms with E-state index >= 15 is 0 Å². The number of piperazine rings is 1. The van der Waals surface area contributed by atoms with Crippen LogP contribution in [0.25, 0.3) is 0 Å². The predicted molar refractivity (Wildman–Crippen MR) is 111 cm³/mol. The van der Waals surface area contributed by atoms with Crippen LogP contribution in [0, 0.1) is 0 Å². The molecular formula is C18H25Cl2N5O3. The minimum Gasteiger partial charge on any atom is -0.467 e. The molecule has 0 aromatic carbocycles. The summed E-state index contributed by atoms with van der Waals surface area (Å²) >= 11 is 0. The van der Waals surface area contributed by atoms with Gasteiger partial charge in [0.2, 0.25) is 5.91 Å². The van der Waals surface area contributed by atoms with Gasteiger partial charge in [0.25, 0.3) is 5.91 Å². The lowest BCUT2D eigenvalue weighted by molar-refractivity contribution is -0.131. The summed E-state index contributed by atoms with van der Waals surface area (Å²) in [6.45, 7) is 3.37. The zero-order valence-corrected chi connectivity index (χ0v) is 17.0. The highest BCUT2D eigenvalue weighted by Gasteiger charge is 2.21. The Hall–Kier alpha value is -2.29. The highest BCUT2D eigenvalue weighted by atomic mass is 35.5. The molecular weight excluding hydrogens is 405 g/mol. The number of hydrogen-bond acceptors (Lipinski definition) is 6. The van der Waals surface area contributed by atoms with Gasteiger partial charge in [-0.05, 0) is 18.2 Å². The lowest BCUT2D eigenvalue weighted by Crippen LogP contribution is -2.49. The van der Waals surface area contributed by atoms with Crippen LogP contribution < -0.4 is 16.0 Å². The fourth-order valence-corrected chi connectivity index (χ4v) is 2.88. The Morgan fingerprint density at radius 3 is 2.54 bits per heavy atom. The first kappa shape index (κ1) is 23.7. The van der Waals surface area contributed by atoms with Gasteiger partial charge in [0.05, 0.1) is 12.1 Å². The van der Waals surface area contributed by atoms with Crippen LogP contribution in [0.5, 0.6) is 0 Å². The molecule has 0 unspecified atom stereocenters. The van der Waals surface area contributed by atoms with Crippen LogP contribution in [0.1, 0.15) is 22.5 Å². The Bertz CT molecular complexity index is 749. The Labute approximate surface area is 176 Å². The first-order chi connectivity index (χ1) is 12.7. The summed E-state index contributed by atoms with van der Waals surface area (Å²) in [6, 6.07) is 7.42. The number of halogens is 2. The van der Waals surface area contributed by atoms with Crippen molar-refractivity contribution in [3.63, 3.8) is 0 Å². The number of carbonyl (C=O) groups excluding carboxylic acids is 2. The van der Waals surface area contributed by atoms with E-state index < -0.39 is 0 Å². The number of carbonyl (C=O) groups is 2. The van der Waals surface area contributed by atoms with E-state index in [0.29, 0.717) is 31.0 Å². The summed E-state index contributed by atoms with van der Waals surface area (Å²) in [5.74, 6) is 1.27. The van der Waals surface area contributed by atoms with Gasteiger partial charge in [-0.1, -0.05) is 6.07 Å². The van der Waals surface area contributed by atoms with Crippen molar-refractivity contribution in [2.75, 3.05) is 37.6 Å². The van der Waals surface area contributed by atoms with Gasteiger partial charge in [-0.2, -0.15) is 0 Å². The summed E-state index contributed by atoms with van der Waals surface area (Å²) in [5.41, 5.74) is 5.87. The van der Waals surface area contributed by atoms with Crippen LogP contribution in [0.2, 0.25) is 0 Å². The second-order valence-corrected chi connectivity index (χ2v) is 6.07. The average Bonchev–Trinajstić information content (AvgIpc) is 3.18. The quantitative estimate of drug-likeness (QED) is 0.719. The van der Waals surface area contributed by atoms with Crippen molar-refractivity contribution in [2.45, 2.75) is 13.0 Å². The largest absolute Gasteiger partial charge is 0.467 e. The number of nitrogens with two attached hydrogens (primary N) is 1. The fraction of sp³-hybridized carbons (Fsp3) is 0.389. The molecule has 3 N–H and O–H groups in total. The number of nitrogens with one attached hydrogen (secondary N) is 1. The molecule has 0 radical (unpaired) electrons. The minimum atomic E-state index is -0.263. The Morgan fingerprint density at radius 1 is 1.18 bits per heavy atom.